The Kier molecular flexibility index (Phi) is 4.90. The van der Waals surface area contributed by atoms with Gasteiger partial charge in [0, 0.05) is 12.5 Å². The number of aliphatic hydroxyl groups excluding tert-OH is 1. The summed E-state index contributed by atoms with van der Waals surface area (Å²) in [7, 11) is 0. The molecule has 0 spiro atoms. The minimum absolute atomic E-state index is 0.0852. The highest BCUT2D eigenvalue weighted by Crippen LogP contribution is 2.19. The summed E-state index contributed by atoms with van der Waals surface area (Å²) in [6.07, 6.45) is 1.36. The summed E-state index contributed by atoms with van der Waals surface area (Å²) in [4.78, 5) is 11.1. The van der Waals surface area contributed by atoms with Crippen LogP contribution < -0.4 is 0 Å². The van der Waals surface area contributed by atoms with E-state index < -0.39 is 6.10 Å². The lowest BCUT2D eigenvalue weighted by atomic mass is 9.94. The SMILES string of the molecule is CCOC(=O)C[C@H](O)[C@H]1CCCOC1. The van der Waals surface area contributed by atoms with Crippen molar-refractivity contribution in [3.63, 3.8) is 0 Å². The molecule has 0 aromatic heterocycles. The average molecular weight is 202 g/mol. The molecule has 14 heavy (non-hydrogen) atoms. The van der Waals surface area contributed by atoms with Crippen LogP contribution in [-0.4, -0.2) is 37.0 Å². The van der Waals surface area contributed by atoms with Gasteiger partial charge in [0.05, 0.1) is 25.7 Å². The van der Waals surface area contributed by atoms with Crippen LogP contribution in [0.4, 0.5) is 0 Å². The van der Waals surface area contributed by atoms with Crippen molar-refractivity contribution in [2.75, 3.05) is 19.8 Å². The largest absolute Gasteiger partial charge is 0.466 e. The van der Waals surface area contributed by atoms with Gasteiger partial charge in [-0.3, -0.25) is 4.79 Å². The van der Waals surface area contributed by atoms with Crippen molar-refractivity contribution in [1.29, 1.82) is 0 Å². The number of carbonyl (C=O) groups excluding carboxylic acids is 1. The second-order valence-electron chi connectivity index (χ2n) is 3.55. The molecule has 0 amide bonds. The van der Waals surface area contributed by atoms with Gasteiger partial charge in [0.2, 0.25) is 0 Å². The number of rotatable bonds is 4. The van der Waals surface area contributed by atoms with Crippen LogP contribution in [-0.2, 0) is 14.3 Å². The molecule has 0 radical (unpaired) electrons. The van der Waals surface area contributed by atoms with Crippen LogP contribution >= 0.6 is 0 Å². The Balaban J connectivity index is 2.25. The van der Waals surface area contributed by atoms with Gasteiger partial charge in [-0.05, 0) is 19.8 Å². The number of hydrogen-bond acceptors (Lipinski definition) is 4. The fourth-order valence-corrected chi connectivity index (χ4v) is 1.63. The van der Waals surface area contributed by atoms with Crippen LogP contribution in [0.5, 0.6) is 0 Å². The zero-order valence-corrected chi connectivity index (χ0v) is 8.57. The van der Waals surface area contributed by atoms with E-state index in [-0.39, 0.29) is 18.3 Å². The van der Waals surface area contributed by atoms with E-state index in [9.17, 15) is 9.90 Å². The molecule has 1 saturated heterocycles. The zero-order valence-electron chi connectivity index (χ0n) is 8.57. The van der Waals surface area contributed by atoms with E-state index in [0.717, 1.165) is 19.4 Å². The molecule has 1 N–H and O–H groups in total. The quantitative estimate of drug-likeness (QED) is 0.683. The molecule has 0 aliphatic carbocycles. The molecule has 1 aliphatic rings. The smallest absolute Gasteiger partial charge is 0.308 e. The van der Waals surface area contributed by atoms with Crippen molar-refractivity contribution in [2.24, 2.45) is 5.92 Å². The van der Waals surface area contributed by atoms with Crippen LogP contribution in [0.25, 0.3) is 0 Å². The van der Waals surface area contributed by atoms with Crippen LogP contribution in [0.3, 0.4) is 0 Å². The summed E-state index contributed by atoms with van der Waals surface area (Å²) in [6, 6.07) is 0. The molecule has 1 fully saturated rings. The summed E-state index contributed by atoms with van der Waals surface area (Å²) >= 11 is 0. The van der Waals surface area contributed by atoms with Gasteiger partial charge in [-0.1, -0.05) is 0 Å². The maximum absolute atomic E-state index is 11.1. The monoisotopic (exact) mass is 202 g/mol. The Morgan fingerprint density at radius 3 is 3.07 bits per heavy atom. The minimum atomic E-state index is -0.616. The van der Waals surface area contributed by atoms with Gasteiger partial charge >= 0.3 is 5.97 Å². The topological polar surface area (TPSA) is 55.8 Å². The van der Waals surface area contributed by atoms with Crippen molar-refractivity contribution in [1.82, 2.24) is 0 Å². The lowest BCUT2D eigenvalue weighted by Gasteiger charge is -2.25. The second kappa shape index (κ2) is 5.98. The first-order chi connectivity index (χ1) is 6.74. The van der Waals surface area contributed by atoms with E-state index in [1.54, 1.807) is 6.92 Å². The summed E-state index contributed by atoms with van der Waals surface area (Å²) < 4.78 is 10.00. The van der Waals surface area contributed by atoms with E-state index in [0.29, 0.717) is 13.2 Å². The minimum Gasteiger partial charge on any atom is -0.466 e. The summed E-state index contributed by atoms with van der Waals surface area (Å²) in [5.74, 6) is -0.237. The molecule has 4 nitrogen and oxygen atoms in total. The number of esters is 1. The first-order valence-electron chi connectivity index (χ1n) is 5.15. The standard InChI is InChI=1S/C10H18O4/c1-2-14-10(12)6-9(11)8-4-3-5-13-7-8/h8-9,11H,2-7H2,1H3/t8-,9-/m0/s1. The van der Waals surface area contributed by atoms with E-state index in [1.165, 1.54) is 0 Å². The molecule has 1 aliphatic heterocycles. The first-order valence-corrected chi connectivity index (χ1v) is 5.15. The van der Waals surface area contributed by atoms with E-state index in [2.05, 4.69) is 0 Å². The second-order valence-corrected chi connectivity index (χ2v) is 3.55. The number of aliphatic hydroxyl groups is 1. The van der Waals surface area contributed by atoms with Crippen molar-refractivity contribution < 1.29 is 19.4 Å². The molecule has 0 bridgehead atoms. The molecule has 82 valence electrons. The van der Waals surface area contributed by atoms with Crippen LogP contribution in [0.15, 0.2) is 0 Å². The zero-order chi connectivity index (χ0) is 10.4. The molecular formula is C10H18O4. The van der Waals surface area contributed by atoms with Gasteiger partial charge in [-0.2, -0.15) is 0 Å². The Morgan fingerprint density at radius 2 is 2.50 bits per heavy atom. The fraction of sp³-hybridized carbons (Fsp3) is 0.900. The lowest BCUT2D eigenvalue weighted by Crippen LogP contribution is -2.31. The van der Waals surface area contributed by atoms with E-state index >= 15 is 0 Å². The Bertz CT molecular complexity index is 175. The lowest BCUT2D eigenvalue weighted by molar-refractivity contribution is -0.146. The van der Waals surface area contributed by atoms with Gasteiger partial charge in [0.1, 0.15) is 0 Å². The predicted octanol–water partition coefficient (Wildman–Crippen LogP) is 0.727. The molecule has 0 aromatic rings. The van der Waals surface area contributed by atoms with Gasteiger partial charge in [-0.25, -0.2) is 0 Å². The van der Waals surface area contributed by atoms with Gasteiger partial charge < -0.3 is 14.6 Å². The Labute approximate surface area is 84.2 Å². The number of ether oxygens (including phenoxy) is 2. The first kappa shape index (κ1) is 11.5. The maximum atomic E-state index is 11.1. The van der Waals surface area contributed by atoms with Crippen molar-refractivity contribution in [3.05, 3.63) is 0 Å². The molecule has 2 atom stereocenters. The van der Waals surface area contributed by atoms with Gasteiger partial charge in [-0.15, -0.1) is 0 Å². The van der Waals surface area contributed by atoms with Crippen molar-refractivity contribution >= 4 is 5.97 Å². The summed E-state index contributed by atoms with van der Waals surface area (Å²) in [6.45, 7) is 3.45. The molecule has 0 saturated carbocycles. The number of hydrogen-bond donors (Lipinski definition) is 1. The van der Waals surface area contributed by atoms with Crippen molar-refractivity contribution in [3.8, 4) is 0 Å². The van der Waals surface area contributed by atoms with Crippen molar-refractivity contribution in [2.45, 2.75) is 32.3 Å². The molecule has 0 aromatic carbocycles. The fourth-order valence-electron chi connectivity index (χ4n) is 1.63. The van der Waals surface area contributed by atoms with Crippen LogP contribution in [0.2, 0.25) is 0 Å². The van der Waals surface area contributed by atoms with E-state index in [4.69, 9.17) is 9.47 Å². The van der Waals surface area contributed by atoms with Gasteiger partial charge in [0.15, 0.2) is 0 Å². The summed E-state index contributed by atoms with van der Waals surface area (Å²) in [5.41, 5.74) is 0. The number of carbonyl (C=O) groups is 1. The van der Waals surface area contributed by atoms with Crippen LogP contribution in [0.1, 0.15) is 26.2 Å². The highest BCUT2D eigenvalue weighted by Gasteiger charge is 2.24. The normalized spacial score (nSPS) is 24.3. The third-order valence-corrected chi connectivity index (χ3v) is 2.42. The molecule has 4 heteroatoms. The van der Waals surface area contributed by atoms with Crippen LogP contribution in [0, 0.1) is 5.92 Å². The average Bonchev–Trinajstić information content (AvgIpc) is 2.19. The maximum Gasteiger partial charge on any atom is 0.308 e. The summed E-state index contributed by atoms with van der Waals surface area (Å²) in [5, 5.41) is 9.69. The molecule has 1 rings (SSSR count). The molecule has 1 heterocycles. The third kappa shape index (κ3) is 3.64. The predicted molar refractivity (Wildman–Crippen MR) is 50.8 cm³/mol. The Morgan fingerprint density at radius 1 is 1.71 bits per heavy atom. The highest BCUT2D eigenvalue weighted by molar-refractivity contribution is 5.69. The molecular weight excluding hydrogens is 184 g/mol. The van der Waals surface area contributed by atoms with E-state index in [1.807, 2.05) is 0 Å². The Hall–Kier alpha value is -0.610. The molecule has 0 unspecified atom stereocenters. The third-order valence-electron chi connectivity index (χ3n) is 2.42. The highest BCUT2D eigenvalue weighted by atomic mass is 16.5. The van der Waals surface area contributed by atoms with Gasteiger partial charge in [0.25, 0.3) is 0 Å².